The van der Waals surface area contributed by atoms with E-state index in [9.17, 15) is 4.79 Å². The Labute approximate surface area is 135 Å². The van der Waals surface area contributed by atoms with Crippen molar-refractivity contribution in [2.24, 2.45) is 0 Å². The summed E-state index contributed by atoms with van der Waals surface area (Å²) in [5.74, 6) is 1.50. The van der Waals surface area contributed by atoms with Crippen molar-refractivity contribution in [3.63, 3.8) is 0 Å². The summed E-state index contributed by atoms with van der Waals surface area (Å²) in [6, 6.07) is 14.8. The summed E-state index contributed by atoms with van der Waals surface area (Å²) >= 11 is 0. The lowest BCUT2D eigenvalue weighted by Gasteiger charge is -2.09. The number of para-hydroxylation sites is 2. The Balaban J connectivity index is 1.87. The number of urea groups is 1. The zero-order chi connectivity index (χ0) is 16.5. The number of hydrogen-bond donors (Lipinski definition) is 2. The summed E-state index contributed by atoms with van der Waals surface area (Å²) in [6.45, 7) is 0.387. The molecule has 0 saturated carbocycles. The Bertz CT molecular complexity index is 683. The van der Waals surface area contributed by atoms with Crippen LogP contribution in [0.5, 0.6) is 11.5 Å². The molecule has 2 amide bonds. The molecule has 2 rings (SSSR count). The highest BCUT2D eigenvalue weighted by atomic mass is 16.5. The van der Waals surface area contributed by atoms with Crippen LogP contribution in [-0.4, -0.2) is 20.3 Å². The van der Waals surface area contributed by atoms with E-state index in [0.717, 1.165) is 22.6 Å². The van der Waals surface area contributed by atoms with Gasteiger partial charge in [-0.1, -0.05) is 36.4 Å². The molecule has 0 aliphatic carbocycles. The SMILES string of the molecule is COc1ccccc1/C=C/NC(=O)NCc1ccccc1OC. The monoisotopic (exact) mass is 312 g/mol. The highest BCUT2D eigenvalue weighted by molar-refractivity contribution is 5.76. The van der Waals surface area contributed by atoms with Crippen LogP contribution in [0.25, 0.3) is 6.08 Å². The zero-order valence-corrected chi connectivity index (χ0v) is 13.2. The van der Waals surface area contributed by atoms with Crippen molar-refractivity contribution in [1.29, 1.82) is 0 Å². The summed E-state index contributed by atoms with van der Waals surface area (Å²) in [5.41, 5.74) is 1.80. The van der Waals surface area contributed by atoms with E-state index in [2.05, 4.69) is 10.6 Å². The maximum Gasteiger partial charge on any atom is 0.319 e. The van der Waals surface area contributed by atoms with E-state index < -0.39 is 0 Å². The molecular formula is C18H20N2O3. The van der Waals surface area contributed by atoms with E-state index >= 15 is 0 Å². The van der Waals surface area contributed by atoms with E-state index in [1.807, 2.05) is 48.5 Å². The Kier molecular flexibility index (Phi) is 6.06. The molecule has 5 nitrogen and oxygen atoms in total. The van der Waals surface area contributed by atoms with Crippen molar-refractivity contribution >= 4 is 12.1 Å². The van der Waals surface area contributed by atoms with Gasteiger partial charge in [0.05, 0.1) is 14.2 Å². The van der Waals surface area contributed by atoms with Gasteiger partial charge in [0, 0.05) is 23.9 Å². The molecule has 0 unspecified atom stereocenters. The first kappa shape index (κ1) is 16.4. The topological polar surface area (TPSA) is 59.6 Å². The first-order chi connectivity index (χ1) is 11.2. The van der Waals surface area contributed by atoms with Crippen molar-refractivity contribution in [2.45, 2.75) is 6.54 Å². The number of hydrogen-bond acceptors (Lipinski definition) is 3. The minimum Gasteiger partial charge on any atom is -0.496 e. The molecule has 0 bridgehead atoms. The van der Waals surface area contributed by atoms with Crippen LogP contribution in [0, 0.1) is 0 Å². The number of amides is 2. The second-order valence-corrected chi connectivity index (χ2v) is 4.71. The smallest absolute Gasteiger partial charge is 0.319 e. The Morgan fingerprint density at radius 2 is 1.65 bits per heavy atom. The van der Waals surface area contributed by atoms with Gasteiger partial charge in [0.15, 0.2) is 0 Å². The fourth-order valence-electron chi connectivity index (χ4n) is 2.09. The maximum atomic E-state index is 11.8. The molecule has 0 fully saturated rings. The predicted molar refractivity (Wildman–Crippen MR) is 90.4 cm³/mol. The molecule has 2 N–H and O–H groups in total. The number of ether oxygens (including phenoxy) is 2. The van der Waals surface area contributed by atoms with Gasteiger partial charge in [0.2, 0.25) is 0 Å². The molecule has 5 heteroatoms. The summed E-state index contributed by atoms with van der Waals surface area (Å²) < 4.78 is 10.5. The fraction of sp³-hybridized carbons (Fsp3) is 0.167. The number of carbonyl (C=O) groups is 1. The van der Waals surface area contributed by atoms with E-state index in [1.165, 1.54) is 0 Å². The summed E-state index contributed by atoms with van der Waals surface area (Å²) in [4.78, 5) is 11.8. The highest BCUT2D eigenvalue weighted by Gasteiger charge is 2.03. The van der Waals surface area contributed by atoms with Crippen LogP contribution in [0.3, 0.4) is 0 Å². The average Bonchev–Trinajstić information content (AvgIpc) is 2.60. The van der Waals surface area contributed by atoms with E-state index in [1.54, 1.807) is 26.5 Å². The van der Waals surface area contributed by atoms with Crippen LogP contribution in [0.4, 0.5) is 4.79 Å². The third-order valence-corrected chi connectivity index (χ3v) is 3.25. The number of benzene rings is 2. The molecule has 23 heavy (non-hydrogen) atoms. The molecule has 0 aliphatic heterocycles. The lowest BCUT2D eigenvalue weighted by Crippen LogP contribution is -2.31. The third-order valence-electron chi connectivity index (χ3n) is 3.25. The molecule has 0 atom stereocenters. The van der Waals surface area contributed by atoms with Gasteiger partial charge in [-0.2, -0.15) is 0 Å². The first-order valence-corrected chi connectivity index (χ1v) is 7.20. The van der Waals surface area contributed by atoms with Crippen molar-refractivity contribution in [3.8, 4) is 11.5 Å². The van der Waals surface area contributed by atoms with Crippen LogP contribution >= 0.6 is 0 Å². The number of rotatable bonds is 6. The lowest BCUT2D eigenvalue weighted by atomic mass is 10.2. The largest absolute Gasteiger partial charge is 0.496 e. The molecular weight excluding hydrogens is 292 g/mol. The fourth-order valence-corrected chi connectivity index (χ4v) is 2.09. The molecule has 0 radical (unpaired) electrons. The maximum absolute atomic E-state index is 11.8. The molecule has 0 aliphatic rings. The van der Waals surface area contributed by atoms with Gasteiger partial charge < -0.3 is 20.1 Å². The third kappa shape index (κ3) is 4.78. The number of carbonyl (C=O) groups excluding carboxylic acids is 1. The summed E-state index contributed by atoms with van der Waals surface area (Å²) in [6.07, 6.45) is 3.36. The van der Waals surface area contributed by atoms with Crippen LogP contribution in [0.1, 0.15) is 11.1 Å². The van der Waals surface area contributed by atoms with Gasteiger partial charge in [-0.15, -0.1) is 0 Å². The quantitative estimate of drug-likeness (QED) is 0.861. The molecule has 0 aromatic heterocycles. The first-order valence-electron chi connectivity index (χ1n) is 7.20. The lowest BCUT2D eigenvalue weighted by molar-refractivity contribution is 0.243. The van der Waals surface area contributed by atoms with Crippen molar-refractivity contribution in [2.75, 3.05) is 14.2 Å². The molecule has 0 saturated heterocycles. The minimum absolute atomic E-state index is 0.290. The Hall–Kier alpha value is -2.95. The predicted octanol–water partition coefficient (Wildman–Crippen LogP) is 3.17. The normalized spacial score (nSPS) is 10.3. The van der Waals surface area contributed by atoms with Crippen LogP contribution in [0.15, 0.2) is 54.7 Å². The van der Waals surface area contributed by atoms with Gasteiger partial charge in [-0.25, -0.2) is 4.79 Å². The van der Waals surface area contributed by atoms with E-state index in [4.69, 9.17) is 9.47 Å². The summed E-state index contributed by atoms with van der Waals surface area (Å²) in [7, 11) is 3.22. The van der Waals surface area contributed by atoms with E-state index in [-0.39, 0.29) is 6.03 Å². The molecule has 2 aromatic carbocycles. The Morgan fingerprint density at radius 1 is 1.00 bits per heavy atom. The molecule has 0 spiro atoms. The minimum atomic E-state index is -0.290. The second-order valence-electron chi connectivity index (χ2n) is 4.71. The van der Waals surface area contributed by atoms with E-state index in [0.29, 0.717) is 6.54 Å². The van der Waals surface area contributed by atoms with Gasteiger partial charge in [0.25, 0.3) is 0 Å². The van der Waals surface area contributed by atoms with Gasteiger partial charge in [-0.3, -0.25) is 0 Å². The highest BCUT2D eigenvalue weighted by Crippen LogP contribution is 2.18. The molecule has 0 heterocycles. The second kappa shape index (κ2) is 8.48. The standard InChI is InChI=1S/C18H20N2O3/c1-22-16-9-5-3-7-14(16)11-12-19-18(21)20-13-15-8-4-6-10-17(15)23-2/h3-12H,13H2,1-2H3,(H2,19,20,21)/b12-11+. The Morgan fingerprint density at radius 3 is 2.39 bits per heavy atom. The molecule has 2 aromatic rings. The average molecular weight is 312 g/mol. The van der Waals surface area contributed by atoms with Gasteiger partial charge in [0.1, 0.15) is 11.5 Å². The number of methoxy groups -OCH3 is 2. The van der Waals surface area contributed by atoms with Crippen molar-refractivity contribution in [3.05, 3.63) is 65.9 Å². The van der Waals surface area contributed by atoms with Gasteiger partial charge >= 0.3 is 6.03 Å². The van der Waals surface area contributed by atoms with Gasteiger partial charge in [-0.05, 0) is 18.2 Å². The zero-order valence-electron chi connectivity index (χ0n) is 13.2. The van der Waals surface area contributed by atoms with Crippen LogP contribution in [0.2, 0.25) is 0 Å². The van der Waals surface area contributed by atoms with Crippen molar-refractivity contribution in [1.82, 2.24) is 10.6 Å². The van der Waals surface area contributed by atoms with Crippen LogP contribution in [-0.2, 0) is 6.54 Å². The summed E-state index contributed by atoms with van der Waals surface area (Å²) in [5, 5.41) is 5.44. The van der Waals surface area contributed by atoms with Crippen molar-refractivity contribution < 1.29 is 14.3 Å². The molecule has 120 valence electrons. The van der Waals surface area contributed by atoms with Crippen LogP contribution < -0.4 is 20.1 Å². The number of nitrogens with one attached hydrogen (secondary N) is 2.